The van der Waals surface area contributed by atoms with Crippen LogP contribution in [-0.2, 0) is 6.54 Å². The van der Waals surface area contributed by atoms with Crippen molar-refractivity contribution in [2.45, 2.75) is 51.2 Å². The molecule has 0 saturated heterocycles. The lowest BCUT2D eigenvalue weighted by molar-refractivity contribution is 0.398. The second-order valence-corrected chi connectivity index (χ2v) is 6.78. The van der Waals surface area contributed by atoms with Gasteiger partial charge in [-0.05, 0) is 35.7 Å². The highest BCUT2D eigenvalue weighted by atomic mass is 15.0. The van der Waals surface area contributed by atoms with E-state index < -0.39 is 0 Å². The SMILES string of the molecule is CCCC[C@@H](CNC(CN)CCN)NCc1cccc2ccccc12. The zero-order chi connectivity index (χ0) is 17.9. The molecule has 0 aromatic heterocycles. The fourth-order valence-electron chi connectivity index (χ4n) is 3.24. The Bertz CT molecular complexity index is 608. The van der Waals surface area contributed by atoms with Crippen molar-refractivity contribution in [3.8, 4) is 0 Å². The van der Waals surface area contributed by atoms with E-state index in [4.69, 9.17) is 11.5 Å². The van der Waals surface area contributed by atoms with E-state index in [0.29, 0.717) is 25.2 Å². The molecule has 2 rings (SSSR count). The number of rotatable bonds is 12. The molecule has 4 nitrogen and oxygen atoms in total. The molecule has 2 aromatic rings. The molecule has 4 heteroatoms. The molecule has 0 radical (unpaired) electrons. The molecule has 0 amide bonds. The van der Waals surface area contributed by atoms with Crippen LogP contribution in [0.1, 0.15) is 38.2 Å². The summed E-state index contributed by atoms with van der Waals surface area (Å²) in [6.07, 6.45) is 4.56. The van der Waals surface area contributed by atoms with E-state index in [0.717, 1.165) is 19.5 Å². The molecular formula is C21H34N4. The van der Waals surface area contributed by atoms with E-state index in [9.17, 15) is 0 Å². The Balaban J connectivity index is 1.96. The first-order valence-electron chi connectivity index (χ1n) is 9.62. The first kappa shape index (κ1) is 19.9. The molecule has 138 valence electrons. The number of hydrogen-bond acceptors (Lipinski definition) is 4. The average molecular weight is 343 g/mol. The molecule has 2 atom stereocenters. The van der Waals surface area contributed by atoms with Crippen LogP contribution in [0.4, 0.5) is 0 Å². The third-order valence-electron chi connectivity index (χ3n) is 4.82. The Morgan fingerprint density at radius 1 is 0.920 bits per heavy atom. The highest BCUT2D eigenvalue weighted by molar-refractivity contribution is 5.85. The van der Waals surface area contributed by atoms with Crippen molar-refractivity contribution in [3.05, 3.63) is 48.0 Å². The fraction of sp³-hybridized carbons (Fsp3) is 0.524. The molecule has 0 saturated carbocycles. The summed E-state index contributed by atoms with van der Waals surface area (Å²) in [7, 11) is 0. The summed E-state index contributed by atoms with van der Waals surface area (Å²) >= 11 is 0. The maximum absolute atomic E-state index is 5.83. The Hall–Kier alpha value is -1.46. The lowest BCUT2D eigenvalue weighted by Crippen LogP contribution is -2.45. The largest absolute Gasteiger partial charge is 0.330 e. The molecule has 25 heavy (non-hydrogen) atoms. The van der Waals surface area contributed by atoms with Gasteiger partial charge in [0.15, 0.2) is 0 Å². The van der Waals surface area contributed by atoms with Crippen molar-refractivity contribution in [2.24, 2.45) is 11.5 Å². The van der Waals surface area contributed by atoms with Gasteiger partial charge in [-0.1, -0.05) is 62.2 Å². The molecule has 1 unspecified atom stereocenters. The molecule has 0 spiro atoms. The summed E-state index contributed by atoms with van der Waals surface area (Å²) in [6, 6.07) is 15.9. The van der Waals surface area contributed by atoms with Crippen LogP contribution in [0.25, 0.3) is 10.8 Å². The van der Waals surface area contributed by atoms with E-state index in [1.165, 1.54) is 35.6 Å². The maximum atomic E-state index is 5.83. The van der Waals surface area contributed by atoms with Crippen LogP contribution < -0.4 is 22.1 Å². The van der Waals surface area contributed by atoms with Gasteiger partial charge >= 0.3 is 0 Å². The van der Waals surface area contributed by atoms with Crippen LogP contribution in [0.15, 0.2) is 42.5 Å². The minimum absolute atomic E-state index is 0.313. The first-order valence-corrected chi connectivity index (χ1v) is 9.62. The zero-order valence-corrected chi connectivity index (χ0v) is 15.5. The number of hydrogen-bond donors (Lipinski definition) is 4. The van der Waals surface area contributed by atoms with Crippen LogP contribution in [0, 0.1) is 0 Å². The van der Waals surface area contributed by atoms with E-state index in [-0.39, 0.29) is 0 Å². The van der Waals surface area contributed by atoms with E-state index in [1.807, 2.05) is 0 Å². The van der Waals surface area contributed by atoms with E-state index in [1.54, 1.807) is 0 Å². The van der Waals surface area contributed by atoms with Crippen molar-refractivity contribution in [1.82, 2.24) is 10.6 Å². The predicted molar refractivity (Wildman–Crippen MR) is 109 cm³/mol. The van der Waals surface area contributed by atoms with Crippen molar-refractivity contribution < 1.29 is 0 Å². The van der Waals surface area contributed by atoms with Gasteiger partial charge in [0, 0.05) is 31.7 Å². The van der Waals surface area contributed by atoms with Gasteiger partial charge in [-0.3, -0.25) is 0 Å². The van der Waals surface area contributed by atoms with E-state index in [2.05, 4.69) is 60.0 Å². The van der Waals surface area contributed by atoms with Crippen LogP contribution in [0.5, 0.6) is 0 Å². The second-order valence-electron chi connectivity index (χ2n) is 6.78. The van der Waals surface area contributed by atoms with Crippen molar-refractivity contribution >= 4 is 10.8 Å². The summed E-state index contributed by atoms with van der Waals surface area (Å²) in [6.45, 7) is 5.39. The van der Waals surface area contributed by atoms with Crippen LogP contribution in [-0.4, -0.2) is 31.7 Å². The quantitative estimate of drug-likeness (QED) is 0.478. The minimum atomic E-state index is 0.313. The third-order valence-corrected chi connectivity index (χ3v) is 4.82. The molecular weight excluding hydrogens is 308 g/mol. The summed E-state index contributed by atoms with van der Waals surface area (Å²) in [5, 5.41) is 9.97. The van der Waals surface area contributed by atoms with Crippen molar-refractivity contribution in [2.75, 3.05) is 19.6 Å². The Morgan fingerprint density at radius 3 is 2.48 bits per heavy atom. The average Bonchev–Trinajstić information content (AvgIpc) is 2.66. The third kappa shape index (κ3) is 6.40. The Morgan fingerprint density at radius 2 is 1.72 bits per heavy atom. The topological polar surface area (TPSA) is 76.1 Å². The molecule has 2 aromatic carbocycles. The Kier molecular flexibility index (Phi) is 8.91. The van der Waals surface area contributed by atoms with E-state index >= 15 is 0 Å². The first-order chi connectivity index (χ1) is 12.3. The number of nitrogens with two attached hydrogens (primary N) is 2. The summed E-state index contributed by atoms with van der Waals surface area (Å²) in [4.78, 5) is 0. The molecule has 0 aliphatic heterocycles. The molecule has 0 bridgehead atoms. The normalized spacial score (nSPS) is 13.9. The zero-order valence-electron chi connectivity index (χ0n) is 15.5. The number of fused-ring (bicyclic) bond motifs is 1. The standard InChI is InChI=1S/C21H34N4/c1-2-3-10-20(16-25-19(14-23)12-13-22)24-15-18-9-6-8-17-7-4-5-11-21(17)18/h4-9,11,19-20,24-25H,2-3,10,12-16,22-23H2,1H3/t19?,20-/m0/s1. The predicted octanol–water partition coefficient (Wildman–Crippen LogP) is 2.75. The molecule has 0 aliphatic rings. The molecule has 0 aliphatic carbocycles. The molecule has 0 heterocycles. The van der Waals surface area contributed by atoms with Gasteiger partial charge in [-0.25, -0.2) is 0 Å². The number of benzene rings is 2. The van der Waals surface area contributed by atoms with Crippen LogP contribution in [0.2, 0.25) is 0 Å². The van der Waals surface area contributed by atoms with Crippen molar-refractivity contribution in [3.63, 3.8) is 0 Å². The lowest BCUT2D eigenvalue weighted by atomic mass is 10.0. The summed E-state index contributed by atoms with van der Waals surface area (Å²) < 4.78 is 0. The van der Waals surface area contributed by atoms with Gasteiger partial charge < -0.3 is 22.1 Å². The minimum Gasteiger partial charge on any atom is -0.330 e. The second kappa shape index (κ2) is 11.2. The fourth-order valence-corrected chi connectivity index (χ4v) is 3.24. The smallest absolute Gasteiger partial charge is 0.0214 e. The van der Waals surface area contributed by atoms with Gasteiger partial charge in [0.1, 0.15) is 0 Å². The molecule has 6 N–H and O–H groups in total. The summed E-state index contributed by atoms with van der Waals surface area (Å²) in [5.74, 6) is 0. The highest BCUT2D eigenvalue weighted by Crippen LogP contribution is 2.18. The summed E-state index contributed by atoms with van der Waals surface area (Å²) in [5.41, 5.74) is 12.9. The van der Waals surface area contributed by atoms with Gasteiger partial charge in [-0.2, -0.15) is 0 Å². The maximum Gasteiger partial charge on any atom is 0.0214 e. The van der Waals surface area contributed by atoms with Crippen molar-refractivity contribution in [1.29, 1.82) is 0 Å². The van der Waals surface area contributed by atoms with Crippen LogP contribution >= 0.6 is 0 Å². The Labute approximate surface area is 152 Å². The highest BCUT2D eigenvalue weighted by Gasteiger charge is 2.12. The van der Waals surface area contributed by atoms with Gasteiger partial charge in [0.25, 0.3) is 0 Å². The number of unbranched alkanes of at least 4 members (excludes halogenated alkanes) is 1. The monoisotopic (exact) mass is 342 g/mol. The van der Waals surface area contributed by atoms with Gasteiger partial charge in [0.2, 0.25) is 0 Å². The van der Waals surface area contributed by atoms with Gasteiger partial charge in [-0.15, -0.1) is 0 Å². The van der Waals surface area contributed by atoms with Crippen LogP contribution in [0.3, 0.4) is 0 Å². The number of nitrogens with one attached hydrogen (secondary N) is 2. The molecule has 0 fully saturated rings. The lowest BCUT2D eigenvalue weighted by Gasteiger charge is -2.23. The van der Waals surface area contributed by atoms with Gasteiger partial charge in [0.05, 0.1) is 0 Å².